The van der Waals surface area contributed by atoms with Crippen molar-refractivity contribution in [3.05, 3.63) is 24.3 Å². The van der Waals surface area contributed by atoms with Gasteiger partial charge in [0, 0.05) is 18.8 Å². The first kappa shape index (κ1) is 12.8. The molecule has 0 bridgehead atoms. The topological polar surface area (TPSA) is 42.9 Å². The van der Waals surface area contributed by atoms with E-state index in [-0.39, 0.29) is 5.78 Å². The van der Waals surface area contributed by atoms with Gasteiger partial charge in [-0.3, -0.25) is 4.79 Å². The van der Waals surface area contributed by atoms with E-state index in [0.717, 1.165) is 12.8 Å². The summed E-state index contributed by atoms with van der Waals surface area (Å²) in [6, 6.07) is 0. The van der Waals surface area contributed by atoms with E-state index in [2.05, 4.69) is 23.8 Å². The number of aromatic nitrogens is 2. The van der Waals surface area contributed by atoms with E-state index in [1.165, 1.54) is 19.2 Å². The Morgan fingerprint density at radius 3 is 2.56 bits per heavy atom. The van der Waals surface area contributed by atoms with Gasteiger partial charge in [0.2, 0.25) is 0 Å². The van der Waals surface area contributed by atoms with Gasteiger partial charge in [-0.25, -0.2) is 9.97 Å². The van der Waals surface area contributed by atoms with Crippen molar-refractivity contribution in [3.63, 3.8) is 0 Å². The summed E-state index contributed by atoms with van der Waals surface area (Å²) in [6.45, 7) is 4.33. The maximum Gasteiger partial charge on any atom is 0.166 e. The number of ketones is 1. The Balaban J connectivity index is 2.49. The molecule has 1 heterocycles. The Morgan fingerprint density at radius 2 is 2.00 bits per heavy atom. The van der Waals surface area contributed by atoms with Crippen molar-refractivity contribution >= 4 is 5.78 Å². The Hall–Kier alpha value is -1.25. The molecule has 1 unspecified atom stereocenters. The molecule has 0 amide bonds. The second kappa shape index (κ2) is 7.09. The first-order chi connectivity index (χ1) is 7.77. The quantitative estimate of drug-likeness (QED) is 0.662. The molecule has 0 fully saturated rings. The van der Waals surface area contributed by atoms with E-state index < -0.39 is 0 Å². The summed E-state index contributed by atoms with van der Waals surface area (Å²) in [5.74, 6) is 0.677. The molecule has 1 atom stereocenters. The summed E-state index contributed by atoms with van der Waals surface area (Å²) in [5, 5.41) is 0. The van der Waals surface area contributed by atoms with Crippen LogP contribution in [0.3, 0.4) is 0 Å². The van der Waals surface area contributed by atoms with Crippen molar-refractivity contribution in [2.45, 2.75) is 46.0 Å². The molecule has 0 aliphatic heterocycles. The van der Waals surface area contributed by atoms with Gasteiger partial charge in [0.1, 0.15) is 6.33 Å². The lowest BCUT2D eigenvalue weighted by molar-refractivity contribution is 0.0956. The fourth-order valence-corrected chi connectivity index (χ4v) is 1.77. The summed E-state index contributed by atoms with van der Waals surface area (Å²) >= 11 is 0. The molecular formula is C13H20N2O. The fraction of sp³-hybridized carbons (Fsp3) is 0.615. The fourth-order valence-electron chi connectivity index (χ4n) is 1.77. The summed E-state index contributed by atoms with van der Waals surface area (Å²) in [4.78, 5) is 19.6. The van der Waals surface area contributed by atoms with Crippen LogP contribution in [-0.4, -0.2) is 15.8 Å². The van der Waals surface area contributed by atoms with Gasteiger partial charge < -0.3 is 0 Å². The Labute approximate surface area is 97.3 Å². The Bertz CT molecular complexity index is 311. The zero-order valence-corrected chi connectivity index (χ0v) is 10.1. The molecule has 0 radical (unpaired) electrons. The number of carbonyl (C=O) groups excluding carboxylic acids is 1. The van der Waals surface area contributed by atoms with Gasteiger partial charge in [0.25, 0.3) is 0 Å². The van der Waals surface area contributed by atoms with Crippen LogP contribution in [0.25, 0.3) is 0 Å². The number of carbonyl (C=O) groups is 1. The molecule has 0 saturated heterocycles. The van der Waals surface area contributed by atoms with Crippen molar-refractivity contribution in [3.8, 4) is 0 Å². The highest BCUT2D eigenvalue weighted by molar-refractivity contribution is 5.95. The van der Waals surface area contributed by atoms with Crippen molar-refractivity contribution in [1.82, 2.24) is 9.97 Å². The normalized spacial score (nSPS) is 12.4. The lowest BCUT2D eigenvalue weighted by atomic mass is 9.92. The van der Waals surface area contributed by atoms with Crippen LogP contribution in [0, 0.1) is 5.92 Å². The minimum absolute atomic E-state index is 0.170. The predicted molar refractivity (Wildman–Crippen MR) is 64.3 cm³/mol. The van der Waals surface area contributed by atoms with Crippen LogP contribution in [0.2, 0.25) is 0 Å². The number of hydrogen-bond acceptors (Lipinski definition) is 3. The highest BCUT2D eigenvalue weighted by Gasteiger charge is 2.13. The summed E-state index contributed by atoms with van der Waals surface area (Å²) in [7, 11) is 0. The monoisotopic (exact) mass is 220 g/mol. The number of nitrogens with zero attached hydrogens (tertiary/aromatic N) is 2. The van der Waals surface area contributed by atoms with Crippen LogP contribution in [0.5, 0.6) is 0 Å². The molecule has 3 heteroatoms. The third-order valence-electron chi connectivity index (χ3n) is 2.90. The Morgan fingerprint density at radius 1 is 1.31 bits per heavy atom. The highest BCUT2D eigenvalue weighted by atomic mass is 16.1. The molecular weight excluding hydrogens is 200 g/mol. The summed E-state index contributed by atoms with van der Waals surface area (Å²) in [5.41, 5.74) is 0.637. The van der Waals surface area contributed by atoms with Crippen LogP contribution in [0.15, 0.2) is 18.7 Å². The zero-order chi connectivity index (χ0) is 11.8. The number of unbranched alkanes of at least 4 members (excludes halogenated alkanes) is 1. The minimum Gasteiger partial charge on any atom is -0.294 e. The van der Waals surface area contributed by atoms with Crippen LogP contribution in [0.1, 0.15) is 56.3 Å². The predicted octanol–water partition coefficient (Wildman–Crippen LogP) is 3.27. The first-order valence-electron chi connectivity index (χ1n) is 6.06. The molecule has 0 aromatic carbocycles. The SMILES string of the molecule is CCCCC(CC)CC(=O)c1cncnc1. The third kappa shape index (κ3) is 4.09. The van der Waals surface area contributed by atoms with Crippen molar-refractivity contribution in [1.29, 1.82) is 0 Å². The van der Waals surface area contributed by atoms with Crippen LogP contribution in [0.4, 0.5) is 0 Å². The van der Waals surface area contributed by atoms with Crippen LogP contribution in [-0.2, 0) is 0 Å². The van der Waals surface area contributed by atoms with E-state index in [0.29, 0.717) is 17.9 Å². The summed E-state index contributed by atoms with van der Waals surface area (Å²) < 4.78 is 0. The van der Waals surface area contributed by atoms with Gasteiger partial charge in [0.05, 0.1) is 5.56 Å². The van der Waals surface area contributed by atoms with Gasteiger partial charge in [0.15, 0.2) is 5.78 Å². The van der Waals surface area contributed by atoms with Crippen molar-refractivity contribution in [2.24, 2.45) is 5.92 Å². The highest BCUT2D eigenvalue weighted by Crippen LogP contribution is 2.18. The first-order valence-corrected chi connectivity index (χ1v) is 6.06. The zero-order valence-electron chi connectivity index (χ0n) is 10.1. The molecule has 0 saturated carbocycles. The molecule has 0 aliphatic carbocycles. The van der Waals surface area contributed by atoms with Gasteiger partial charge in [-0.15, -0.1) is 0 Å². The van der Waals surface area contributed by atoms with E-state index in [1.54, 1.807) is 12.4 Å². The van der Waals surface area contributed by atoms with E-state index in [9.17, 15) is 4.79 Å². The van der Waals surface area contributed by atoms with Crippen molar-refractivity contribution < 1.29 is 4.79 Å². The minimum atomic E-state index is 0.170. The molecule has 1 aromatic heterocycles. The molecule has 0 aliphatic rings. The molecule has 88 valence electrons. The average Bonchev–Trinajstić information content (AvgIpc) is 2.35. The van der Waals surface area contributed by atoms with E-state index in [4.69, 9.17) is 0 Å². The van der Waals surface area contributed by atoms with Gasteiger partial charge in [-0.2, -0.15) is 0 Å². The maximum atomic E-state index is 11.9. The van der Waals surface area contributed by atoms with Gasteiger partial charge >= 0.3 is 0 Å². The lowest BCUT2D eigenvalue weighted by Gasteiger charge is -2.12. The summed E-state index contributed by atoms with van der Waals surface area (Å²) in [6.07, 6.45) is 9.89. The van der Waals surface area contributed by atoms with E-state index in [1.807, 2.05) is 0 Å². The molecule has 16 heavy (non-hydrogen) atoms. The largest absolute Gasteiger partial charge is 0.294 e. The average molecular weight is 220 g/mol. The van der Waals surface area contributed by atoms with Crippen LogP contribution < -0.4 is 0 Å². The van der Waals surface area contributed by atoms with Crippen LogP contribution >= 0.6 is 0 Å². The third-order valence-corrected chi connectivity index (χ3v) is 2.90. The van der Waals surface area contributed by atoms with Gasteiger partial charge in [-0.05, 0) is 5.92 Å². The molecule has 0 N–H and O–H groups in total. The smallest absolute Gasteiger partial charge is 0.166 e. The second-order valence-electron chi connectivity index (χ2n) is 4.17. The number of hydrogen-bond donors (Lipinski definition) is 0. The second-order valence-corrected chi connectivity index (χ2v) is 4.17. The molecule has 1 rings (SSSR count). The van der Waals surface area contributed by atoms with Crippen molar-refractivity contribution in [2.75, 3.05) is 0 Å². The number of rotatable bonds is 7. The Kier molecular flexibility index (Phi) is 5.68. The van der Waals surface area contributed by atoms with E-state index >= 15 is 0 Å². The molecule has 3 nitrogen and oxygen atoms in total. The lowest BCUT2D eigenvalue weighted by Crippen LogP contribution is -2.09. The number of Topliss-reactive ketones (excluding diaryl/α,β-unsaturated/α-hetero) is 1. The van der Waals surface area contributed by atoms with Gasteiger partial charge in [-0.1, -0.05) is 39.5 Å². The molecule has 1 aromatic rings. The maximum absolute atomic E-state index is 11.9. The molecule has 0 spiro atoms. The standard InChI is InChI=1S/C13H20N2O/c1-3-5-6-11(4-2)7-13(16)12-8-14-10-15-9-12/h8-11H,3-7H2,1-2H3.